The van der Waals surface area contributed by atoms with E-state index in [0.29, 0.717) is 23.6 Å². The molecule has 0 atom stereocenters. The van der Waals surface area contributed by atoms with E-state index in [2.05, 4.69) is 10.0 Å². The third-order valence-corrected chi connectivity index (χ3v) is 5.09. The van der Waals surface area contributed by atoms with Crippen molar-refractivity contribution in [3.8, 4) is 5.75 Å². The van der Waals surface area contributed by atoms with Gasteiger partial charge in [-0.2, -0.15) is 0 Å². The molecule has 7 heteroatoms. The number of ether oxygens (including phenoxy) is 1. The summed E-state index contributed by atoms with van der Waals surface area (Å²) in [6, 6.07) is 12.8. The van der Waals surface area contributed by atoms with Crippen LogP contribution in [0.15, 0.2) is 53.4 Å². The number of anilines is 1. The van der Waals surface area contributed by atoms with Gasteiger partial charge >= 0.3 is 0 Å². The number of benzene rings is 2. The SMILES string of the molecule is CCCOc1ccccc1NC(=O)c1ccc(S(=O)(=O)NC(C)C)cc1. The Kier molecular flexibility index (Phi) is 6.76. The van der Waals surface area contributed by atoms with E-state index in [1.54, 1.807) is 26.0 Å². The molecular formula is C19H24N2O4S. The summed E-state index contributed by atoms with van der Waals surface area (Å²) in [5.41, 5.74) is 0.933. The summed E-state index contributed by atoms with van der Waals surface area (Å²) >= 11 is 0. The van der Waals surface area contributed by atoms with Crippen molar-refractivity contribution < 1.29 is 17.9 Å². The maximum atomic E-state index is 12.4. The maximum absolute atomic E-state index is 12.4. The molecule has 0 saturated heterocycles. The van der Waals surface area contributed by atoms with Crippen LogP contribution in [0.3, 0.4) is 0 Å². The number of nitrogens with one attached hydrogen (secondary N) is 2. The third-order valence-electron chi connectivity index (χ3n) is 3.41. The van der Waals surface area contributed by atoms with Gasteiger partial charge in [-0.05, 0) is 56.7 Å². The van der Waals surface area contributed by atoms with Gasteiger partial charge in [-0.1, -0.05) is 19.1 Å². The number of hydrogen-bond donors (Lipinski definition) is 2. The Morgan fingerprint density at radius 3 is 2.35 bits per heavy atom. The number of sulfonamides is 1. The van der Waals surface area contributed by atoms with Gasteiger partial charge in [0, 0.05) is 11.6 Å². The van der Waals surface area contributed by atoms with Gasteiger partial charge in [-0.15, -0.1) is 0 Å². The molecule has 2 aromatic carbocycles. The largest absolute Gasteiger partial charge is 0.491 e. The van der Waals surface area contributed by atoms with Crippen molar-refractivity contribution in [2.45, 2.75) is 38.1 Å². The predicted molar refractivity (Wildman–Crippen MR) is 102 cm³/mol. The topological polar surface area (TPSA) is 84.5 Å². The fourth-order valence-corrected chi connectivity index (χ4v) is 3.52. The summed E-state index contributed by atoms with van der Waals surface area (Å²) < 4.78 is 32.4. The van der Waals surface area contributed by atoms with E-state index in [1.165, 1.54) is 24.3 Å². The van der Waals surface area contributed by atoms with Crippen LogP contribution >= 0.6 is 0 Å². The molecule has 2 rings (SSSR count). The lowest BCUT2D eigenvalue weighted by Gasteiger charge is -2.12. The van der Waals surface area contributed by atoms with Crippen molar-refractivity contribution in [2.75, 3.05) is 11.9 Å². The molecule has 0 spiro atoms. The van der Waals surface area contributed by atoms with E-state index in [4.69, 9.17) is 4.74 Å². The summed E-state index contributed by atoms with van der Waals surface area (Å²) in [6.45, 7) is 6.06. The van der Waals surface area contributed by atoms with Crippen LogP contribution in [0.2, 0.25) is 0 Å². The second kappa shape index (κ2) is 8.82. The second-order valence-electron chi connectivity index (χ2n) is 6.10. The Labute approximate surface area is 154 Å². The van der Waals surface area contributed by atoms with E-state index in [9.17, 15) is 13.2 Å². The second-order valence-corrected chi connectivity index (χ2v) is 7.81. The molecule has 6 nitrogen and oxygen atoms in total. The van der Waals surface area contributed by atoms with Crippen LogP contribution < -0.4 is 14.8 Å². The quantitative estimate of drug-likeness (QED) is 0.739. The van der Waals surface area contributed by atoms with Crippen molar-refractivity contribution in [3.05, 3.63) is 54.1 Å². The van der Waals surface area contributed by atoms with E-state index in [0.717, 1.165) is 6.42 Å². The van der Waals surface area contributed by atoms with Gasteiger partial charge < -0.3 is 10.1 Å². The van der Waals surface area contributed by atoms with Crippen molar-refractivity contribution in [2.24, 2.45) is 0 Å². The molecule has 0 heterocycles. The first-order chi connectivity index (χ1) is 12.3. The average Bonchev–Trinajstić information content (AvgIpc) is 2.60. The Morgan fingerprint density at radius 1 is 1.08 bits per heavy atom. The van der Waals surface area contributed by atoms with Gasteiger partial charge in [-0.25, -0.2) is 13.1 Å². The standard InChI is InChI=1S/C19H24N2O4S/c1-4-13-25-18-8-6-5-7-17(18)20-19(22)15-9-11-16(12-10-15)26(23,24)21-14(2)3/h5-12,14,21H,4,13H2,1-3H3,(H,20,22). The highest BCUT2D eigenvalue weighted by molar-refractivity contribution is 7.89. The molecule has 26 heavy (non-hydrogen) atoms. The first-order valence-corrected chi connectivity index (χ1v) is 9.97. The number of rotatable bonds is 8. The highest BCUT2D eigenvalue weighted by Crippen LogP contribution is 2.24. The fourth-order valence-electron chi connectivity index (χ4n) is 2.27. The summed E-state index contributed by atoms with van der Waals surface area (Å²) in [7, 11) is -3.58. The normalized spacial score (nSPS) is 11.4. The summed E-state index contributed by atoms with van der Waals surface area (Å²) in [5.74, 6) is 0.265. The van der Waals surface area contributed by atoms with Crippen LogP contribution in [0.4, 0.5) is 5.69 Å². The smallest absolute Gasteiger partial charge is 0.255 e. The van der Waals surface area contributed by atoms with Crippen molar-refractivity contribution in [1.29, 1.82) is 0 Å². The zero-order valence-corrected chi connectivity index (χ0v) is 16.0. The Morgan fingerprint density at radius 2 is 1.73 bits per heavy atom. The third kappa shape index (κ3) is 5.31. The molecule has 0 unspecified atom stereocenters. The van der Waals surface area contributed by atoms with E-state index in [-0.39, 0.29) is 16.8 Å². The first-order valence-electron chi connectivity index (χ1n) is 8.49. The van der Waals surface area contributed by atoms with Gasteiger partial charge in [0.05, 0.1) is 17.2 Å². The predicted octanol–water partition coefficient (Wildman–Crippen LogP) is 3.41. The molecule has 0 aliphatic heterocycles. The Bertz CT molecular complexity index is 846. The van der Waals surface area contributed by atoms with Gasteiger partial charge in [0.25, 0.3) is 5.91 Å². The zero-order chi connectivity index (χ0) is 19.2. The number of amides is 1. The fraction of sp³-hybridized carbons (Fsp3) is 0.316. The molecule has 0 bridgehead atoms. The van der Waals surface area contributed by atoms with Gasteiger partial charge in [-0.3, -0.25) is 4.79 Å². The number of carbonyl (C=O) groups excluding carboxylic acids is 1. The van der Waals surface area contributed by atoms with E-state index in [1.807, 2.05) is 19.1 Å². The minimum atomic E-state index is -3.58. The van der Waals surface area contributed by atoms with Crippen LogP contribution in [0, 0.1) is 0 Å². The highest BCUT2D eigenvalue weighted by Gasteiger charge is 2.16. The number of hydrogen-bond acceptors (Lipinski definition) is 4. The molecular weight excluding hydrogens is 352 g/mol. The molecule has 0 aliphatic rings. The lowest BCUT2D eigenvalue weighted by Crippen LogP contribution is -2.30. The van der Waals surface area contributed by atoms with Crippen molar-refractivity contribution in [3.63, 3.8) is 0 Å². The monoisotopic (exact) mass is 376 g/mol. The number of carbonyl (C=O) groups is 1. The molecule has 0 aromatic heterocycles. The molecule has 0 fully saturated rings. The van der Waals surface area contributed by atoms with Gasteiger partial charge in [0.1, 0.15) is 5.75 Å². The van der Waals surface area contributed by atoms with E-state index < -0.39 is 10.0 Å². The molecule has 2 N–H and O–H groups in total. The molecule has 0 radical (unpaired) electrons. The minimum Gasteiger partial charge on any atom is -0.491 e. The maximum Gasteiger partial charge on any atom is 0.255 e. The zero-order valence-electron chi connectivity index (χ0n) is 15.2. The van der Waals surface area contributed by atoms with Crippen molar-refractivity contribution in [1.82, 2.24) is 4.72 Å². The summed E-state index contributed by atoms with van der Waals surface area (Å²) in [4.78, 5) is 12.6. The summed E-state index contributed by atoms with van der Waals surface area (Å²) in [6.07, 6.45) is 0.864. The van der Waals surface area contributed by atoms with Crippen LogP contribution in [-0.2, 0) is 10.0 Å². The highest BCUT2D eigenvalue weighted by atomic mass is 32.2. The van der Waals surface area contributed by atoms with Crippen LogP contribution in [-0.4, -0.2) is 27.0 Å². The lowest BCUT2D eigenvalue weighted by atomic mass is 10.2. The van der Waals surface area contributed by atoms with E-state index >= 15 is 0 Å². The van der Waals surface area contributed by atoms with Crippen LogP contribution in [0.1, 0.15) is 37.6 Å². The number of para-hydroxylation sites is 2. The minimum absolute atomic E-state index is 0.120. The van der Waals surface area contributed by atoms with Crippen LogP contribution in [0.5, 0.6) is 5.75 Å². The summed E-state index contributed by atoms with van der Waals surface area (Å²) in [5, 5.41) is 2.80. The average molecular weight is 376 g/mol. The molecule has 0 aliphatic carbocycles. The Balaban J connectivity index is 2.14. The molecule has 1 amide bonds. The molecule has 2 aromatic rings. The molecule has 0 saturated carbocycles. The first kappa shape index (κ1) is 19.9. The van der Waals surface area contributed by atoms with Gasteiger partial charge in [0.15, 0.2) is 0 Å². The van der Waals surface area contributed by atoms with Gasteiger partial charge in [0.2, 0.25) is 10.0 Å². The Hall–Kier alpha value is -2.38. The van der Waals surface area contributed by atoms with Crippen LogP contribution in [0.25, 0.3) is 0 Å². The lowest BCUT2D eigenvalue weighted by molar-refractivity contribution is 0.102. The molecule has 140 valence electrons. The van der Waals surface area contributed by atoms with Crippen molar-refractivity contribution >= 4 is 21.6 Å².